The maximum atomic E-state index is 12.9. The van der Waals surface area contributed by atoms with Gasteiger partial charge in [0.05, 0.1) is 29.7 Å². The fourth-order valence-electron chi connectivity index (χ4n) is 2.60. The van der Waals surface area contributed by atoms with E-state index < -0.39 is 6.55 Å². The lowest BCUT2D eigenvalue weighted by Crippen LogP contribution is -2.28. The van der Waals surface area contributed by atoms with E-state index in [1.807, 2.05) is 24.3 Å². The zero-order chi connectivity index (χ0) is 18.8. The van der Waals surface area contributed by atoms with Gasteiger partial charge >= 0.3 is 6.55 Å². The summed E-state index contributed by atoms with van der Waals surface area (Å²) in [6, 6.07) is 7.52. The number of alkyl halides is 2. The second kappa shape index (κ2) is 7.36. The lowest BCUT2D eigenvalue weighted by molar-refractivity contribution is 0.0612. The summed E-state index contributed by atoms with van der Waals surface area (Å²) >= 11 is 3.38. The Morgan fingerprint density at radius 1 is 1.31 bits per heavy atom. The molecule has 0 atom stereocenters. The average molecular weight is 424 g/mol. The maximum Gasteiger partial charge on any atom is 0.319 e. The molecule has 1 aromatic carbocycles. The van der Waals surface area contributed by atoms with Gasteiger partial charge in [-0.3, -0.25) is 9.36 Å². The van der Waals surface area contributed by atoms with Gasteiger partial charge in [0.1, 0.15) is 5.82 Å². The molecule has 3 aromatic rings. The van der Waals surface area contributed by atoms with Gasteiger partial charge in [0, 0.05) is 23.9 Å². The smallest absolute Gasteiger partial charge is 0.319 e. The molecule has 0 radical (unpaired) electrons. The summed E-state index contributed by atoms with van der Waals surface area (Å²) in [5, 5.41) is 4.27. The number of rotatable bonds is 5. The Bertz CT molecular complexity index is 920. The van der Waals surface area contributed by atoms with E-state index in [4.69, 9.17) is 0 Å². The number of amides is 1. The summed E-state index contributed by atoms with van der Waals surface area (Å²) < 4.78 is 29.2. The minimum atomic E-state index is -2.70. The Morgan fingerprint density at radius 2 is 2.00 bits per heavy atom. The summed E-state index contributed by atoms with van der Waals surface area (Å²) in [6.45, 7) is -0.937. The van der Waals surface area contributed by atoms with E-state index in [2.05, 4.69) is 26.0 Å². The summed E-state index contributed by atoms with van der Waals surface area (Å²) in [6.07, 6.45) is 3.96. The Hall–Kier alpha value is -2.55. The molecule has 0 aliphatic carbocycles. The maximum absolute atomic E-state index is 12.9. The molecule has 1 amide bonds. The highest BCUT2D eigenvalue weighted by atomic mass is 79.9. The second-order valence-electron chi connectivity index (χ2n) is 5.72. The Kier molecular flexibility index (Phi) is 5.17. The van der Waals surface area contributed by atoms with Gasteiger partial charge in [-0.2, -0.15) is 13.9 Å². The first-order chi connectivity index (χ1) is 12.4. The number of carbonyl (C=O) groups is 1. The summed E-state index contributed by atoms with van der Waals surface area (Å²) in [4.78, 5) is 18.0. The predicted molar refractivity (Wildman–Crippen MR) is 95.3 cm³/mol. The van der Waals surface area contributed by atoms with Crippen molar-refractivity contribution in [2.45, 2.75) is 20.0 Å². The van der Waals surface area contributed by atoms with Crippen LogP contribution in [0.15, 0.2) is 47.3 Å². The van der Waals surface area contributed by atoms with Crippen LogP contribution in [0.4, 0.5) is 8.78 Å². The van der Waals surface area contributed by atoms with Crippen LogP contribution in [0.5, 0.6) is 0 Å². The van der Waals surface area contributed by atoms with Crippen LogP contribution in [0, 0.1) is 6.92 Å². The number of halogens is 3. The molecule has 9 heteroatoms. The highest BCUT2D eigenvalue weighted by Gasteiger charge is 2.21. The molecule has 0 N–H and O–H groups in total. The highest BCUT2D eigenvalue weighted by molar-refractivity contribution is 9.10. The third kappa shape index (κ3) is 3.52. The van der Waals surface area contributed by atoms with E-state index in [0.717, 1.165) is 14.7 Å². The Morgan fingerprint density at radius 3 is 2.65 bits per heavy atom. The first kappa shape index (κ1) is 18.2. The molecule has 6 nitrogen and oxygen atoms in total. The van der Waals surface area contributed by atoms with Crippen molar-refractivity contribution in [3.63, 3.8) is 0 Å². The van der Waals surface area contributed by atoms with Gasteiger partial charge in [0.15, 0.2) is 0 Å². The number of hydrogen-bond acceptors (Lipinski definition) is 3. The van der Waals surface area contributed by atoms with Gasteiger partial charge in [-0.1, -0.05) is 15.9 Å². The van der Waals surface area contributed by atoms with Gasteiger partial charge < -0.3 is 4.90 Å². The molecule has 0 unspecified atom stereocenters. The molecule has 0 bridgehead atoms. The van der Waals surface area contributed by atoms with Crippen molar-refractivity contribution in [1.29, 1.82) is 0 Å². The molecule has 136 valence electrons. The van der Waals surface area contributed by atoms with Crippen molar-refractivity contribution in [3.05, 3.63) is 64.4 Å². The monoisotopic (exact) mass is 423 g/mol. The van der Waals surface area contributed by atoms with Gasteiger partial charge in [0.2, 0.25) is 0 Å². The minimum absolute atomic E-state index is 0.0287. The van der Waals surface area contributed by atoms with Gasteiger partial charge in [-0.25, -0.2) is 9.67 Å². The molecule has 0 aliphatic heterocycles. The van der Waals surface area contributed by atoms with Crippen molar-refractivity contribution in [3.8, 4) is 5.69 Å². The van der Waals surface area contributed by atoms with Crippen molar-refractivity contribution in [1.82, 2.24) is 24.2 Å². The zero-order valence-corrected chi connectivity index (χ0v) is 15.7. The van der Waals surface area contributed by atoms with E-state index in [1.165, 1.54) is 23.5 Å². The van der Waals surface area contributed by atoms with E-state index in [0.29, 0.717) is 11.3 Å². The number of nitrogens with zero attached hydrogens (tertiary/aromatic N) is 5. The molecular formula is C17H16BrF2N5O. The molecule has 0 spiro atoms. The van der Waals surface area contributed by atoms with Crippen molar-refractivity contribution in [2.24, 2.45) is 0 Å². The predicted octanol–water partition coefficient (Wildman–Crippen LogP) is 3.81. The molecule has 0 fully saturated rings. The van der Waals surface area contributed by atoms with Crippen LogP contribution < -0.4 is 0 Å². The van der Waals surface area contributed by atoms with E-state index in [1.54, 1.807) is 18.7 Å². The number of carbonyl (C=O) groups excluding carboxylic acids is 1. The number of imidazole rings is 1. The topological polar surface area (TPSA) is 56.0 Å². The summed E-state index contributed by atoms with van der Waals surface area (Å²) in [5.74, 6) is -0.191. The number of hydrogen-bond donors (Lipinski definition) is 0. The molecule has 0 saturated heterocycles. The molecule has 2 aromatic heterocycles. The van der Waals surface area contributed by atoms with Crippen LogP contribution in [0.3, 0.4) is 0 Å². The van der Waals surface area contributed by atoms with Crippen LogP contribution in [-0.2, 0) is 6.54 Å². The Balaban J connectivity index is 1.81. The second-order valence-corrected chi connectivity index (χ2v) is 6.64. The van der Waals surface area contributed by atoms with E-state index >= 15 is 0 Å². The first-order valence-corrected chi connectivity index (χ1v) is 8.53. The first-order valence-electron chi connectivity index (χ1n) is 7.74. The standard InChI is InChI=1S/C17H16BrF2N5O/c1-11-14(9-22-25(11)13-5-3-12(18)4-6-13)16(26)23(2)10-15-21-7-8-24(15)17(19)20/h3-9,17H,10H2,1-2H3. The third-order valence-corrected chi connectivity index (χ3v) is 4.52. The zero-order valence-electron chi connectivity index (χ0n) is 14.1. The average Bonchev–Trinajstić information content (AvgIpc) is 3.22. The van der Waals surface area contributed by atoms with Crippen molar-refractivity contribution < 1.29 is 13.6 Å². The molecule has 0 saturated carbocycles. The molecule has 0 aliphatic rings. The van der Waals surface area contributed by atoms with Crippen LogP contribution in [-0.4, -0.2) is 37.2 Å². The third-order valence-electron chi connectivity index (χ3n) is 4.00. The largest absolute Gasteiger partial charge is 0.334 e. The summed E-state index contributed by atoms with van der Waals surface area (Å²) in [7, 11) is 1.54. The van der Waals surface area contributed by atoms with Crippen molar-refractivity contribution in [2.75, 3.05) is 7.05 Å². The fraction of sp³-hybridized carbons (Fsp3) is 0.235. The van der Waals surface area contributed by atoms with Gasteiger partial charge in [-0.05, 0) is 31.2 Å². The molecular weight excluding hydrogens is 408 g/mol. The van der Waals surface area contributed by atoms with E-state index in [9.17, 15) is 13.6 Å². The van der Waals surface area contributed by atoms with Gasteiger partial charge in [-0.15, -0.1) is 0 Å². The fourth-order valence-corrected chi connectivity index (χ4v) is 2.86. The van der Waals surface area contributed by atoms with Crippen LogP contribution in [0.2, 0.25) is 0 Å². The minimum Gasteiger partial charge on any atom is -0.334 e. The SMILES string of the molecule is Cc1c(C(=O)N(C)Cc2nccn2C(F)F)cnn1-c1ccc(Br)cc1. The van der Waals surface area contributed by atoms with Crippen molar-refractivity contribution >= 4 is 21.8 Å². The van der Waals surface area contributed by atoms with Crippen LogP contribution in [0.1, 0.15) is 28.4 Å². The molecule has 3 rings (SSSR count). The Labute approximate surface area is 157 Å². The normalized spacial score (nSPS) is 11.2. The van der Waals surface area contributed by atoms with Crippen LogP contribution >= 0.6 is 15.9 Å². The number of aromatic nitrogens is 4. The summed E-state index contributed by atoms with van der Waals surface area (Å²) in [5.41, 5.74) is 1.90. The quantitative estimate of drug-likeness (QED) is 0.626. The van der Waals surface area contributed by atoms with E-state index in [-0.39, 0.29) is 18.3 Å². The van der Waals surface area contributed by atoms with Gasteiger partial charge in [0.25, 0.3) is 5.91 Å². The lowest BCUT2D eigenvalue weighted by Gasteiger charge is -2.17. The molecule has 26 heavy (non-hydrogen) atoms. The molecule has 2 heterocycles. The highest BCUT2D eigenvalue weighted by Crippen LogP contribution is 2.19. The lowest BCUT2D eigenvalue weighted by atomic mass is 10.2. The van der Waals surface area contributed by atoms with Crippen LogP contribution in [0.25, 0.3) is 5.69 Å². The number of benzene rings is 1.